The van der Waals surface area contributed by atoms with Crippen LogP contribution in [-0.2, 0) is 10.8 Å². The first-order valence-electron chi connectivity index (χ1n) is 8.08. The van der Waals surface area contributed by atoms with Gasteiger partial charge in [-0.2, -0.15) is 0 Å². The molecule has 0 aromatic heterocycles. The van der Waals surface area contributed by atoms with E-state index in [0.717, 1.165) is 23.4 Å². The summed E-state index contributed by atoms with van der Waals surface area (Å²) in [6.07, 6.45) is 3.45. The van der Waals surface area contributed by atoms with Gasteiger partial charge in [-0.15, -0.1) is 0 Å². The van der Waals surface area contributed by atoms with Gasteiger partial charge in [-0.25, -0.2) is 0 Å². The lowest BCUT2D eigenvalue weighted by Crippen LogP contribution is -2.54. The van der Waals surface area contributed by atoms with Gasteiger partial charge in [0.05, 0.1) is 16.0 Å². The van der Waals surface area contributed by atoms with Gasteiger partial charge in [0.15, 0.2) is 0 Å². The second kappa shape index (κ2) is 6.62. The molecule has 118 valence electrons. The Morgan fingerprint density at radius 1 is 1.33 bits per heavy atom. The van der Waals surface area contributed by atoms with Gasteiger partial charge in [-0.3, -0.25) is 4.21 Å². The Kier molecular flexibility index (Phi) is 5.26. The average molecular weight is 308 g/mol. The van der Waals surface area contributed by atoms with Crippen LogP contribution in [0.15, 0.2) is 23.1 Å². The highest BCUT2D eigenvalue weighted by Gasteiger charge is 2.41. The molecule has 3 atom stereocenters. The van der Waals surface area contributed by atoms with E-state index in [9.17, 15) is 4.21 Å². The molecule has 1 aromatic rings. The zero-order chi connectivity index (χ0) is 15.6. The van der Waals surface area contributed by atoms with E-state index >= 15 is 0 Å². The van der Waals surface area contributed by atoms with Crippen molar-refractivity contribution in [3.05, 3.63) is 29.3 Å². The molecule has 3 unspecified atom stereocenters. The Morgan fingerprint density at radius 3 is 2.67 bits per heavy atom. The van der Waals surface area contributed by atoms with Gasteiger partial charge in [0.25, 0.3) is 0 Å². The lowest BCUT2D eigenvalue weighted by molar-refractivity contribution is 0.174. The predicted molar refractivity (Wildman–Crippen MR) is 91.2 cm³/mol. The van der Waals surface area contributed by atoms with Crippen LogP contribution in [0.2, 0.25) is 0 Å². The Balaban J connectivity index is 2.31. The number of nitrogens with one attached hydrogen (secondary N) is 1. The lowest BCUT2D eigenvalue weighted by atomic mass is 9.73. The quantitative estimate of drug-likeness (QED) is 0.912. The van der Waals surface area contributed by atoms with Crippen molar-refractivity contribution >= 4 is 10.8 Å². The molecule has 21 heavy (non-hydrogen) atoms. The van der Waals surface area contributed by atoms with E-state index in [2.05, 4.69) is 58.1 Å². The Hall–Kier alpha value is -0.670. The van der Waals surface area contributed by atoms with Gasteiger partial charge in [-0.05, 0) is 50.3 Å². The van der Waals surface area contributed by atoms with Crippen LogP contribution >= 0.6 is 0 Å². The summed E-state index contributed by atoms with van der Waals surface area (Å²) in [7, 11) is -0.930. The minimum atomic E-state index is -0.930. The van der Waals surface area contributed by atoms with Crippen molar-refractivity contribution in [3.63, 3.8) is 0 Å². The second-order valence-corrected chi connectivity index (χ2v) is 8.66. The van der Waals surface area contributed by atoms with Crippen LogP contribution in [-0.4, -0.2) is 22.0 Å². The molecule has 0 bridgehead atoms. The number of hydrogen-bond donors (Lipinski definition) is 1. The van der Waals surface area contributed by atoms with Gasteiger partial charge in [0, 0.05) is 10.9 Å². The van der Waals surface area contributed by atoms with Gasteiger partial charge in [0.2, 0.25) is 0 Å². The number of benzene rings is 1. The summed E-state index contributed by atoms with van der Waals surface area (Å²) in [6, 6.07) is 6.61. The average Bonchev–Trinajstić information content (AvgIpc) is 2.40. The van der Waals surface area contributed by atoms with Gasteiger partial charge in [-0.1, -0.05) is 44.9 Å². The van der Waals surface area contributed by atoms with Crippen LogP contribution in [0, 0.1) is 19.3 Å². The van der Waals surface area contributed by atoms with Crippen LogP contribution in [0.25, 0.3) is 0 Å². The highest BCUT2D eigenvalue weighted by molar-refractivity contribution is 7.85. The Morgan fingerprint density at radius 2 is 2.05 bits per heavy atom. The van der Waals surface area contributed by atoms with Crippen molar-refractivity contribution in [2.45, 2.75) is 70.1 Å². The molecule has 1 aromatic carbocycles. The number of rotatable bonds is 4. The van der Waals surface area contributed by atoms with Gasteiger partial charge in [0.1, 0.15) is 0 Å². The third kappa shape index (κ3) is 3.57. The Bertz CT molecular complexity index is 524. The molecule has 0 aliphatic heterocycles. The van der Waals surface area contributed by atoms with Crippen molar-refractivity contribution < 1.29 is 4.21 Å². The van der Waals surface area contributed by atoms with E-state index in [1.54, 1.807) is 0 Å². The largest absolute Gasteiger partial charge is 0.313 e. The van der Waals surface area contributed by atoms with Crippen LogP contribution in [0.3, 0.4) is 0 Å². The van der Waals surface area contributed by atoms with E-state index in [-0.39, 0.29) is 10.7 Å². The second-order valence-electron chi connectivity index (χ2n) is 7.02. The van der Waals surface area contributed by atoms with Gasteiger partial charge < -0.3 is 5.32 Å². The summed E-state index contributed by atoms with van der Waals surface area (Å²) >= 11 is 0. The van der Waals surface area contributed by atoms with E-state index in [4.69, 9.17) is 0 Å². The SMILES string of the molecule is CCNC1C(S(=O)c2ccc(C)cc2C)CCCC1(C)C. The monoisotopic (exact) mass is 307 g/mol. The fourth-order valence-electron chi connectivity index (χ4n) is 3.63. The van der Waals surface area contributed by atoms with E-state index in [1.807, 2.05) is 0 Å². The molecule has 1 fully saturated rings. The van der Waals surface area contributed by atoms with Crippen molar-refractivity contribution in [1.82, 2.24) is 5.32 Å². The molecule has 0 amide bonds. The summed E-state index contributed by atoms with van der Waals surface area (Å²) < 4.78 is 13.2. The zero-order valence-corrected chi connectivity index (χ0v) is 14.8. The van der Waals surface area contributed by atoms with Crippen LogP contribution < -0.4 is 5.32 Å². The molecular weight excluding hydrogens is 278 g/mol. The third-order valence-corrected chi connectivity index (χ3v) is 6.72. The standard InChI is InChI=1S/C18H29NOS/c1-6-19-17-16(8-7-11-18(17,4)5)21(20)15-10-9-13(2)12-14(15)3/h9-10,12,16-17,19H,6-8,11H2,1-5H3. The smallest absolute Gasteiger partial charge is 0.0579 e. The molecule has 3 heteroatoms. The van der Waals surface area contributed by atoms with Crippen LogP contribution in [0.1, 0.15) is 51.2 Å². The fourth-order valence-corrected chi connectivity index (χ4v) is 5.63. The minimum Gasteiger partial charge on any atom is -0.313 e. The van der Waals surface area contributed by atoms with E-state index in [1.165, 1.54) is 18.4 Å². The summed E-state index contributed by atoms with van der Waals surface area (Å²) in [5.41, 5.74) is 2.61. The highest BCUT2D eigenvalue weighted by Crippen LogP contribution is 2.39. The molecule has 0 radical (unpaired) electrons. The predicted octanol–water partition coefficient (Wildman–Crippen LogP) is 3.97. The molecule has 0 heterocycles. The molecule has 0 spiro atoms. The number of aryl methyl sites for hydroxylation is 2. The summed E-state index contributed by atoms with van der Waals surface area (Å²) in [4.78, 5) is 1.02. The molecule has 1 aliphatic carbocycles. The van der Waals surface area contributed by atoms with E-state index < -0.39 is 10.8 Å². The maximum absolute atomic E-state index is 13.2. The third-order valence-electron chi connectivity index (χ3n) is 4.77. The molecular formula is C18H29NOS. The maximum atomic E-state index is 13.2. The van der Waals surface area contributed by atoms with Crippen molar-refractivity contribution in [1.29, 1.82) is 0 Å². The lowest BCUT2D eigenvalue weighted by Gasteiger charge is -2.44. The van der Waals surface area contributed by atoms with Crippen LogP contribution in [0.4, 0.5) is 0 Å². The maximum Gasteiger partial charge on any atom is 0.0579 e. The summed E-state index contributed by atoms with van der Waals surface area (Å²) in [6.45, 7) is 11.9. The molecule has 2 nitrogen and oxygen atoms in total. The molecule has 1 N–H and O–H groups in total. The first kappa shape index (κ1) is 16.7. The van der Waals surface area contributed by atoms with Gasteiger partial charge >= 0.3 is 0 Å². The number of hydrogen-bond acceptors (Lipinski definition) is 2. The van der Waals surface area contributed by atoms with Crippen LogP contribution in [0.5, 0.6) is 0 Å². The van der Waals surface area contributed by atoms with E-state index in [0.29, 0.717) is 6.04 Å². The summed E-state index contributed by atoms with van der Waals surface area (Å²) in [5.74, 6) is 0. The minimum absolute atomic E-state index is 0.215. The van der Waals surface area contributed by atoms with Crippen molar-refractivity contribution in [2.75, 3.05) is 6.54 Å². The summed E-state index contributed by atoms with van der Waals surface area (Å²) in [5, 5.41) is 3.83. The molecule has 2 rings (SSSR count). The molecule has 1 aliphatic rings. The molecule has 1 saturated carbocycles. The zero-order valence-electron chi connectivity index (χ0n) is 14.0. The topological polar surface area (TPSA) is 29.1 Å². The highest BCUT2D eigenvalue weighted by atomic mass is 32.2. The molecule has 0 saturated heterocycles. The first-order chi connectivity index (χ1) is 9.86. The normalized spacial score (nSPS) is 26.5. The fraction of sp³-hybridized carbons (Fsp3) is 0.667. The Labute approximate surface area is 132 Å². The van der Waals surface area contributed by atoms with Crippen molar-refractivity contribution in [2.24, 2.45) is 5.41 Å². The van der Waals surface area contributed by atoms with Crippen molar-refractivity contribution in [3.8, 4) is 0 Å². The first-order valence-corrected chi connectivity index (χ1v) is 9.29.